The molecule has 24 heavy (non-hydrogen) atoms. The highest BCUT2D eigenvalue weighted by atomic mass is 16.5. The molecule has 1 aliphatic heterocycles. The Morgan fingerprint density at radius 1 is 1.38 bits per heavy atom. The summed E-state index contributed by atoms with van der Waals surface area (Å²) in [6, 6.07) is 3.70. The monoisotopic (exact) mass is 325 g/mol. The molecule has 1 saturated heterocycles. The van der Waals surface area contributed by atoms with Crippen LogP contribution in [0.1, 0.15) is 24.3 Å². The van der Waals surface area contributed by atoms with Gasteiger partial charge in [-0.25, -0.2) is 0 Å². The topological polar surface area (TPSA) is 87.0 Å². The summed E-state index contributed by atoms with van der Waals surface area (Å²) in [6.07, 6.45) is 9.34. The molecule has 3 aromatic heterocycles. The van der Waals surface area contributed by atoms with E-state index in [1.54, 1.807) is 6.07 Å². The maximum absolute atomic E-state index is 12.0. The largest absolute Gasteiger partial charge is 0.363 e. The lowest BCUT2D eigenvalue weighted by Crippen LogP contribution is -2.38. The molecule has 0 aromatic carbocycles. The zero-order valence-corrected chi connectivity index (χ0v) is 13.2. The van der Waals surface area contributed by atoms with Gasteiger partial charge in [0.1, 0.15) is 6.26 Å². The minimum atomic E-state index is -0.0551. The van der Waals surface area contributed by atoms with Crippen molar-refractivity contribution in [2.45, 2.75) is 18.8 Å². The van der Waals surface area contributed by atoms with E-state index in [0.29, 0.717) is 18.3 Å². The molecule has 0 spiro atoms. The first-order chi connectivity index (χ1) is 11.8. The van der Waals surface area contributed by atoms with Crippen LogP contribution in [0, 0.1) is 0 Å². The molecular formula is C17H19N5O2. The highest BCUT2D eigenvalue weighted by Crippen LogP contribution is 2.32. The zero-order chi connectivity index (χ0) is 16.4. The van der Waals surface area contributed by atoms with Crippen molar-refractivity contribution in [3.05, 3.63) is 42.5 Å². The van der Waals surface area contributed by atoms with Gasteiger partial charge in [0.05, 0.1) is 18.3 Å². The van der Waals surface area contributed by atoms with Gasteiger partial charge >= 0.3 is 0 Å². The number of likely N-dealkylation sites (tertiary alicyclic amines) is 1. The highest BCUT2D eigenvalue weighted by Gasteiger charge is 2.24. The van der Waals surface area contributed by atoms with Gasteiger partial charge in [-0.05, 0) is 43.5 Å². The third-order valence-electron chi connectivity index (χ3n) is 4.62. The number of anilines is 1. The molecule has 3 aromatic rings. The van der Waals surface area contributed by atoms with Gasteiger partial charge in [-0.2, -0.15) is 0 Å². The number of carbonyl (C=O) groups is 1. The van der Waals surface area contributed by atoms with E-state index >= 15 is 0 Å². The summed E-state index contributed by atoms with van der Waals surface area (Å²) in [7, 11) is 0. The Morgan fingerprint density at radius 3 is 3.04 bits per heavy atom. The van der Waals surface area contributed by atoms with Crippen molar-refractivity contribution in [3.63, 3.8) is 0 Å². The first-order valence-electron chi connectivity index (χ1n) is 8.13. The number of nitrogens with zero attached hydrogens (tertiary/aromatic N) is 3. The molecule has 0 radical (unpaired) electrons. The fourth-order valence-electron chi connectivity index (χ4n) is 3.40. The minimum Gasteiger partial charge on any atom is -0.363 e. The number of aromatic nitrogens is 3. The quantitative estimate of drug-likeness (QED) is 0.769. The Labute approximate surface area is 139 Å². The van der Waals surface area contributed by atoms with Gasteiger partial charge in [-0.3, -0.25) is 14.7 Å². The maximum Gasteiger partial charge on any atom is 0.239 e. The van der Waals surface area contributed by atoms with Crippen LogP contribution < -0.4 is 5.32 Å². The first-order valence-corrected chi connectivity index (χ1v) is 8.13. The molecule has 7 nitrogen and oxygen atoms in total. The van der Waals surface area contributed by atoms with Crippen molar-refractivity contribution in [2.75, 3.05) is 25.0 Å². The standard InChI is InChI=1S/C17H19N5O2/c23-17(20-16-4-8-24-21-16)11-22-6-2-12(3-7-22)14-9-19-15-10-18-5-1-13(14)15/h1,4-5,8-10,12,19H,2-3,6-7,11H2,(H,20,21,23). The van der Waals surface area contributed by atoms with Crippen molar-refractivity contribution < 1.29 is 9.32 Å². The molecule has 2 N–H and O–H groups in total. The van der Waals surface area contributed by atoms with Crippen LogP contribution in [0.25, 0.3) is 10.9 Å². The average Bonchev–Trinajstić information content (AvgIpc) is 3.25. The number of amides is 1. The van der Waals surface area contributed by atoms with Crippen molar-refractivity contribution >= 4 is 22.6 Å². The van der Waals surface area contributed by atoms with E-state index in [9.17, 15) is 4.79 Å². The second-order valence-corrected chi connectivity index (χ2v) is 6.15. The molecule has 0 unspecified atom stereocenters. The fraction of sp³-hybridized carbons (Fsp3) is 0.353. The summed E-state index contributed by atoms with van der Waals surface area (Å²) >= 11 is 0. The summed E-state index contributed by atoms with van der Waals surface area (Å²) in [5.74, 6) is 0.929. The van der Waals surface area contributed by atoms with Crippen LogP contribution in [0.2, 0.25) is 0 Å². The molecule has 0 bridgehead atoms. The minimum absolute atomic E-state index is 0.0551. The Balaban J connectivity index is 1.34. The van der Waals surface area contributed by atoms with Crippen LogP contribution in [0.4, 0.5) is 5.82 Å². The molecule has 7 heteroatoms. The molecule has 124 valence electrons. The van der Waals surface area contributed by atoms with Crippen LogP contribution in [0.5, 0.6) is 0 Å². The van der Waals surface area contributed by atoms with Gasteiger partial charge in [0.25, 0.3) is 0 Å². The molecule has 1 fully saturated rings. The predicted molar refractivity (Wildman–Crippen MR) is 89.6 cm³/mol. The van der Waals surface area contributed by atoms with Crippen LogP contribution in [-0.4, -0.2) is 45.6 Å². The normalized spacial score (nSPS) is 16.5. The molecule has 0 atom stereocenters. The number of fused-ring (bicyclic) bond motifs is 1. The summed E-state index contributed by atoms with van der Waals surface area (Å²) in [5.41, 5.74) is 2.45. The summed E-state index contributed by atoms with van der Waals surface area (Å²) in [4.78, 5) is 21.6. The van der Waals surface area contributed by atoms with Gasteiger partial charge in [-0.1, -0.05) is 5.16 Å². The lowest BCUT2D eigenvalue weighted by Gasteiger charge is -2.31. The smallest absolute Gasteiger partial charge is 0.239 e. The Morgan fingerprint density at radius 2 is 2.25 bits per heavy atom. The van der Waals surface area contributed by atoms with E-state index in [-0.39, 0.29) is 5.91 Å². The number of hydrogen-bond acceptors (Lipinski definition) is 5. The van der Waals surface area contributed by atoms with Crippen molar-refractivity contribution in [2.24, 2.45) is 0 Å². The molecule has 0 saturated carbocycles. The van der Waals surface area contributed by atoms with Crippen LogP contribution in [0.15, 0.2) is 41.5 Å². The number of H-pyrrole nitrogens is 1. The van der Waals surface area contributed by atoms with Gasteiger partial charge in [0.15, 0.2) is 5.82 Å². The number of rotatable bonds is 4. The summed E-state index contributed by atoms with van der Waals surface area (Å²) < 4.78 is 4.71. The average molecular weight is 325 g/mol. The number of piperidine rings is 1. The zero-order valence-electron chi connectivity index (χ0n) is 13.2. The third kappa shape index (κ3) is 3.03. The van der Waals surface area contributed by atoms with Crippen molar-refractivity contribution in [1.29, 1.82) is 0 Å². The Hall–Kier alpha value is -2.67. The van der Waals surface area contributed by atoms with E-state index in [0.717, 1.165) is 31.4 Å². The highest BCUT2D eigenvalue weighted by molar-refractivity contribution is 5.91. The van der Waals surface area contributed by atoms with E-state index in [4.69, 9.17) is 4.52 Å². The maximum atomic E-state index is 12.0. The number of pyridine rings is 1. The number of hydrogen-bond donors (Lipinski definition) is 2. The van der Waals surface area contributed by atoms with Crippen molar-refractivity contribution in [3.8, 4) is 0 Å². The molecule has 4 rings (SSSR count). The summed E-state index contributed by atoms with van der Waals surface area (Å²) in [6.45, 7) is 2.21. The lowest BCUT2D eigenvalue weighted by atomic mass is 9.89. The molecule has 1 aliphatic rings. The van der Waals surface area contributed by atoms with E-state index in [1.165, 1.54) is 17.2 Å². The number of aromatic amines is 1. The van der Waals surface area contributed by atoms with E-state index in [2.05, 4.69) is 37.6 Å². The van der Waals surface area contributed by atoms with Crippen LogP contribution >= 0.6 is 0 Å². The second kappa shape index (κ2) is 6.45. The SMILES string of the molecule is O=C(CN1CCC(c2c[nH]c3cnccc23)CC1)Nc1ccon1. The number of nitrogens with one attached hydrogen (secondary N) is 2. The van der Waals surface area contributed by atoms with Crippen molar-refractivity contribution in [1.82, 2.24) is 20.0 Å². The predicted octanol–water partition coefficient (Wildman–Crippen LogP) is 2.37. The molecular weight excluding hydrogens is 306 g/mol. The second-order valence-electron chi connectivity index (χ2n) is 6.15. The Kier molecular flexibility index (Phi) is 4.00. The molecule has 0 aliphatic carbocycles. The van der Waals surface area contributed by atoms with Crippen LogP contribution in [0.3, 0.4) is 0 Å². The molecule has 4 heterocycles. The molecule has 1 amide bonds. The van der Waals surface area contributed by atoms with Gasteiger partial charge in [0.2, 0.25) is 5.91 Å². The van der Waals surface area contributed by atoms with E-state index < -0.39 is 0 Å². The van der Waals surface area contributed by atoms with Crippen LogP contribution in [-0.2, 0) is 4.79 Å². The fourth-order valence-corrected chi connectivity index (χ4v) is 3.40. The van der Waals surface area contributed by atoms with Gasteiger partial charge < -0.3 is 14.8 Å². The van der Waals surface area contributed by atoms with Gasteiger partial charge in [0, 0.05) is 23.8 Å². The lowest BCUT2D eigenvalue weighted by molar-refractivity contribution is -0.117. The summed E-state index contributed by atoms with van der Waals surface area (Å²) in [5, 5.41) is 7.68. The Bertz CT molecular complexity index is 819. The van der Waals surface area contributed by atoms with Gasteiger partial charge in [-0.15, -0.1) is 0 Å². The third-order valence-corrected chi connectivity index (χ3v) is 4.62. The van der Waals surface area contributed by atoms with E-state index in [1.807, 2.05) is 12.4 Å². The first kappa shape index (κ1) is 14.9. The number of carbonyl (C=O) groups excluding carboxylic acids is 1.